The molecule has 1 amide bonds. The predicted octanol–water partition coefficient (Wildman–Crippen LogP) is 3.38. The van der Waals surface area contributed by atoms with Crippen LogP contribution in [0.25, 0.3) is 0 Å². The summed E-state index contributed by atoms with van der Waals surface area (Å²) < 4.78 is 33.6. The maximum atomic E-state index is 13.6. The highest BCUT2D eigenvalue weighted by molar-refractivity contribution is 7.93. The van der Waals surface area contributed by atoms with Crippen LogP contribution in [0.5, 0.6) is 5.75 Å². The van der Waals surface area contributed by atoms with Gasteiger partial charge in [-0.1, -0.05) is 23.8 Å². The summed E-state index contributed by atoms with van der Waals surface area (Å²) in [5.41, 5.74) is 2.23. The summed E-state index contributed by atoms with van der Waals surface area (Å²) in [6, 6.07) is 12.1. The van der Waals surface area contributed by atoms with E-state index in [4.69, 9.17) is 4.74 Å². The average Bonchev–Trinajstić information content (AvgIpc) is 2.67. The van der Waals surface area contributed by atoms with Crippen molar-refractivity contribution in [2.24, 2.45) is 0 Å². The molecule has 0 bridgehead atoms. The fourth-order valence-electron chi connectivity index (χ4n) is 2.93. The number of hydrogen-bond donors (Lipinski definition) is 0. The van der Waals surface area contributed by atoms with Crippen molar-refractivity contribution >= 4 is 21.6 Å². The van der Waals surface area contributed by atoms with Gasteiger partial charge < -0.3 is 9.64 Å². The third-order valence-corrected chi connectivity index (χ3v) is 6.40. The number of methoxy groups -OCH3 is 1. The molecule has 0 spiro atoms. The van der Waals surface area contributed by atoms with Crippen molar-refractivity contribution in [1.29, 1.82) is 0 Å². The van der Waals surface area contributed by atoms with E-state index in [9.17, 15) is 13.2 Å². The molecule has 0 saturated heterocycles. The third-order valence-electron chi connectivity index (χ3n) is 4.60. The standard InChI is InChI=1S/C21H28N2O4S/c1-6-22(7-2)21(24)15-23(18-11-8-16(3)9-12-18)28(25,26)20-14-17(4)10-13-19(20)27-5/h8-14H,6-7,15H2,1-5H3. The molecule has 0 aliphatic rings. The normalized spacial score (nSPS) is 11.2. The van der Waals surface area contributed by atoms with Crippen LogP contribution in [0.3, 0.4) is 0 Å². The fourth-order valence-corrected chi connectivity index (χ4v) is 4.59. The molecule has 2 aromatic rings. The third kappa shape index (κ3) is 4.65. The molecule has 28 heavy (non-hydrogen) atoms. The van der Waals surface area contributed by atoms with E-state index < -0.39 is 10.0 Å². The zero-order valence-corrected chi connectivity index (χ0v) is 17.9. The zero-order chi connectivity index (χ0) is 20.9. The molecular formula is C21H28N2O4S. The highest BCUT2D eigenvalue weighted by Crippen LogP contribution is 2.31. The van der Waals surface area contributed by atoms with Crippen LogP contribution in [-0.4, -0.2) is 46.0 Å². The van der Waals surface area contributed by atoms with E-state index in [0.29, 0.717) is 18.8 Å². The van der Waals surface area contributed by atoms with Gasteiger partial charge in [0.25, 0.3) is 10.0 Å². The molecule has 0 aliphatic carbocycles. The van der Waals surface area contributed by atoms with Gasteiger partial charge >= 0.3 is 0 Å². The van der Waals surface area contributed by atoms with Crippen molar-refractivity contribution in [3.8, 4) is 5.75 Å². The minimum absolute atomic E-state index is 0.0444. The van der Waals surface area contributed by atoms with Gasteiger partial charge in [-0.15, -0.1) is 0 Å². The smallest absolute Gasteiger partial charge is 0.268 e. The lowest BCUT2D eigenvalue weighted by atomic mass is 10.2. The van der Waals surface area contributed by atoms with Gasteiger partial charge in [0.15, 0.2) is 0 Å². The van der Waals surface area contributed by atoms with Gasteiger partial charge in [0.2, 0.25) is 5.91 Å². The quantitative estimate of drug-likeness (QED) is 0.677. The average molecular weight is 405 g/mol. The number of ether oxygens (including phenoxy) is 1. The molecule has 2 aromatic carbocycles. The van der Waals surface area contributed by atoms with Crippen LogP contribution in [0.4, 0.5) is 5.69 Å². The first kappa shape index (κ1) is 21.8. The first-order chi connectivity index (χ1) is 13.2. The Bertz CT molecular complexity index is 920. The van der Waals surface area contributed by atoms with Gasteiger partial charge in [0.1, 0.15) is 17.2 Å². The topological polar surface area (TPSA) is 66.9 Å². The van der Waals surface area contributed by atoms with Gasteiger partial charge in [0.05, 0.1) is 12.8 Å². The van der Waals surface area contributed by atoms with E-state index in [1.807, 2.05) is 39.8 Å². The van der Waals surface area contributed by atoms with E-state index in [1.165, 1.54) is 7.11 Å². The minimum atomic E-state index is -4.02. The summed E-state index contributed by atoms with van der Waals surface area (Å²) in [4.78, 5) is 14.4. The fraction of sp³-hybridized carbons (Fsp3) is 0.381. The predicted molar refractivity (Wildman–Crippen MR) is 111 cm³/mol. The van der Waals surface area contributed by atoms with E-state index in [1.54, 1.807) is 35.2 Å². The Balaban J connectivity index is 2.59. The number of amides is 1. The van der Waals surface area contributed by atoms with E-state index in [-0.39, 0.29) is 23.1 Å². The largest absolute Gasteiger partial charge is 0.495 e. The van der Waals surface area contributed by atoms with Crippen LogP contribution in [0, 0.1) is 13.8 Å². The maximum absolute atomic E-state index is 13.6. The van der Waals surface area contributed by atoms with Crippen LogP contribution in [-0.2, 0) is 14.8 Å². The highest BCUT2D eigenvalue weighted by Gasteiger charge is 2.31. The maximum Gasteiger partial charge on any atom is 0.268 e. The monoisotopic (exact) mass is 404 g/mol. The molecule has 0 heterocycles. The number of carbonyl (C=O) groups excluding carboxylic acids is 1. The molecule has 2 rings (SSSR count). The summed E-state index contributed by atoms with van der Waals surface area (Å²) >= 11 is 0. The summed E-state index contributed by atoms with van der Waals surface area (Å²) in [6.07, 6.45) is 0. The van der Waals surface area contributed by atoms with E-state index in [2.05, 4.69) is 0 Å². The molecule has 0 aromatic heterocycles. The molecule has 0 aliphatic heterocycles. The Morgan fingerprint density at radius 2 is 1.54 bits per heavy atom. The number of aryl methyl sites for hydroxylation is 2. The Labute approximate surface area is 167 Å². The lowest BCUT2D eigenvalue weighted by Crippen LogP contribution is -2.43. The van der Waals surface area contributed by atoms with Crippen molar-refractivity contribution in [2.45, 2.75) is 32.6 Å². The van der Waals surface area contributed by atoms with Crippen molar-refractivity contribution in [2.75, 3.05) is 31.0 Å². The number of likely N-dealkylation sites (N-methyl/N-ethyl adjacent to an activating group) is 1. The molecule has 0 N–H and O–H groups in total. The number of benzene rings is 2. The van der Waals surface area contributed by atoms with Gasteiger partial charge in [0, 0.05) is 13.1 Å². The summed E-state index contributed by atoms with van der Waals surface area (Å²) in [7, 11) is -2.58. The van der Waals surface area contributed by atoms with Crippen LogP contribution in [0.15, 0.2) is 47.4 Å². The molecule has 0 radical (unpaired) electrons. The van der Waals surface area contributed by atoms with E-state index in [0.717, 1.165) is 15.4 Å². The van der Waals surface area contributed by atoms with Crippen LogP contribution in [0.2, 0.25) is 0 Å². The second kappa shape index (κ2) is 9.10. The second-order valence-electron chi connectivity index (χ2n) is 6.57. The summed E-state index contributed by atoms with van der Waals surface area (Å²) in [5.74, 6) is -0.00114. The molecule has 152 valence electrons. The number of carbonyl (C=O) groups is 1. The SMILES string of the molecule is CCN(CC)C(=O)CN(c1ccc(C)cc1)S(=O)(=O)c1cc(C)ccc1OC. The van der Waals surface area contributed by atoms with Crippen molar-refractivity contribution < 1.29 is 17.9 Å². The number of anilines is 1. The van der Waals surface area contributed by atoms with E-state index >= 15 is 0 Å². The first-order valence-electron chi connectivity index (χ1n) is 9.26. The molecule has 7 heteroatoms. The van der Waals surface area contributed by atoms with Crippen LogP contribution >= 0.6 is 0 Å². The zero-order valence-electron chi connectivity index (χ0n) is 17.1. The van der Waals surface area contributed by atoms with Crippen LogP contribution < -0.4 is 9.04 Å². The Morgan fingerprint density at radius 1 is 0.964 bits per heavy atom. The lowest BCUT2D eigenvalue weighted by Gasteiger charge is -2.28. The van der Waals surface area contributed by atoms with Crippen molar-refractivity contribution in [3.63, 3.8) is 0 Å². The number of nitrogens with zero attached hydrogens (tertiary/aromatic N) is 2. The number of rotatable bonds is 8. The first-order valence-corrected chi connectivity index (χ1v) is 10.7. The molecule has 6 nitrogen and oxygen atoms in total. The second-order valence-corrected chi connectivity index (χ2v) is 8.40. The molecule has 0 atom stereocenters. The Hall–Kier alpha value is -2.54. The number of hydrogen-bond acceptors (Lipinski definition) is 4. The molecule has 0 fully saturated rings. The van der Waals surface area contributed by atoms with Gasteiger partial charge in [-0.25, -0.2) is 8.42 Å². The molecule has 0 unspecified atom stereocenters. The Morgan fingerprint density at radius 3 is 2.07 bits per heavy atom. The van der Waals surface area contributed by atoms with Gasteiger partial charge in [-0.3, -0.25) is 9.10 Å². The molecule has 0 saturated carbocycles. The summed E-state index contributed by atoms with van der Waals surface area (Å²) in [6.45, 7) is 8.24. The van der Waals surface area contributed by atoms with Crippen molar-refractivity contribution in [3.05, 3.63) is 53.6 Å². The number of sulfonamides is 1. The Kier molecular flexibility index (Phi) is 7.07. The van der Waals surface area contributed by atoms with Crippen molar-refractivity contribution in [1.82, 2.24) is 4.90 Å². The summed E-state index contributed by atoms with van der Waals surface area (Å²) in [5, 5.41) is 0. The van der Waals surface area contributed by atoms with Gasteiger partial charge in [-0.05, 0) is 57.5 Å². The van der Waals surface area contributed by atoms with Crippen LogP contribution in [0.1, 0.15) is 25.0 Å². The minimum Gasteiger partial charge on any atom is -0.495 e. The lowest BCUT2D eigenvalue weighted by molar-refractivity contribution is -0.129. The van der Waals surface area contributed by atoms with Gasteiger partial charge in [-0.2, -0.15) is 0 Å². The highest BCUT2D eigenvalue weighted by atomic mass is 32.2. The molecular weight excluding hydrogens is 376 g/mol.